The van der Waals surface area contributed by atoms with Crippen molar-refractivity contribution in [1.29, 1.82) is 0 Å². The molecule has 3 amide bonds. The molecule has 0 aliphatic carbocycles. The van der Waals surface area contributed by atoms with Gasteiger partial charge in [-0.3, -0.25) is 10.1 Å². The number of amides is 3. The summed E-state index contributed by atoms with van der Waals surface area (Å²) in [4.78, 5) is 40.2. The second-order valence-corrected chi connectivity index (χ2v) is 7.40. The fourth-order valence-corrected chi connectivity index (χ4v) is 3.41. The average Bonchev–Trinajstić information content (AvgIpc) is 3.08. The largest absolute Gasteiger partial charge is 0.452 e. The van der Waals surface area contributed by atoms with Crippen LogP contribution >= 0.6 is 23.1 Å². The zero-order valence-electron chi connectivity index (χ0n) is 14.7. The van der Waals surface area contributed by atoms with E-state index in [4.69, 9.17) is 4.74 Å². The molecule has 2 N–H and O–H groups in total. The Bertz CT molecular complexity index is 818. The Morgan fingerprint density at radius 2 is 2.04 bits per heavy atom. The summed E-state index contributed by atoms with van der Waals surface area (Å²) in [7, 11) is 0. The summed E-state index contributed by atoms with van der Waals surface area (Å²) in [6.45, 7) is 5.09. The summed E-state index contributed by atoms with van der Waals surface area (Å²) in [5.41, 5.74) is 1.35. The topological polar surface area (TPSA) is 97.4 Å². The number of carbonyl (C=O) groups excluding carboxylic acids is 3. The molecule has 1 aromatic carbocycles. The number of imide groups is 1. The maximum atomic E-state index is 12.0. The number of carbonyl (C=O) groups is 3. The molecule has 0 aliphatic rings. The molecule has 0 bridgehead atoms. The number of ether oxygens (including phenoxy) is 1. The molecule has 2 aromatic rings. The molecule has 9 heteroatoms. The van der Waals surface area contributed by atoms with Crippen LogP contribution in [0.3, 0.4) is 0 Å². The summed E-state index contributed by atoms with van der Waals surface area (Å²) >= 11 is 3.23. The Labute approximate surface area is 165 Å². The van der Waals surface area contributed by atoms with E-state index < -0.39 is 24.5 Å². The van der Waals surface area contributed by atoms with Crippen LogP contribution in [0.4, 0.5) is 4.79 Å². The standard InChI is InChI=1S/C18H19N3O4S2/c1-3-8-19-18(24)21-16(22)9-25-17(23)13-4-6-15(7-5-13)27-11-14-10-26-12(2)20-14/h3-7,10H,1,8-9,11H2,2H3,(H2,19,21,22,24). The lowest BCUT2D eigenvalue weighted by Gasteiger charge is -2.07. The highest BCUT2D eigenvalue weighted by Gasteiger charge is 2.12. The number of thiazole rings is 1. The molecule has 142 valence electrons. The van der Waals surface area contributed by atoms with Crippen LogP contribution in [0.25, 0.3) is 0 Å². The van der Waals surface area contributed by atoms with Crippen molar-refractivity contribution in [3.63, 3.8) is 0 Å². The highest BCUT2D eigenvalue weighted by atomic mass is 32.2. The maximum Gasteiger partial charge on any atom is 0.338 e. The van der Waals surface area contributed by atoms with E-state index in [1.807, 2.05) is 29.8 Å². The molecule has 0 radical (unpaired) electrons. The first-order valence-corrected chi connectivity index (χ1v) is 9.84. The van der Waals surface area contributed by atoms with Crippen molar-refractivity contribution in [3.05, 3.63) is 58.6 Å². The van der Waals surface area contributed by atoms with Crippen molar-refractivity contribution < 1.29 is 19.1 Å². The second-order valence-electron chi connectivity index (χ2n) is 5.29. The van der Waals surface area contributed by atoms with Crippen molar-refractivity contribution in [2.45, 2.75) is 17.6 Å². The molecule has 1 heterocycles. The van der Waals surface area contributed by atoms with E-state index in [0.29, 0.717) is 5.56 Å². The van der Waals surface area contributed by atoms with Crippen molar-refractivity contribution in [2.24, 2.45) is 0 Å². The minimum absolute atomic E-state index is 0.228. The molecule has 0 saturated heterocycles. The number of hydrogen-bond donors (Lipinski definition) is 2. The molecular weight excluding hydrogens is 386 g/mol. The predicted molar refractivity (Wildman–Crippen MR) is 105 cm³/mol. The third-order valence-electron chi connectivity index (χ3n) is 3.14. The number of aromatic nitrogens is 1. The van der Waals surface area contributed by atoms with E-state index in [2.05, 4.69) is 16.9 Å². The van der Waals surface area contributed by atoms with Gasteiger partial charge in [0.1, 0.15) is 0 Å². The molecule has 27 heavy (non-hydrogen) atoms. The maximum absolute atomic E-state index is 12.0. The first-order valence-electron chi connectivity index (χ1n) is 7.97. The molecule has 0 spiro atoms. The van der Waals surface area contributed by atoms with Crippen molar-refractivity contribution >= 4 is 41.0 Å². The van der Waals surface area contributed by atoms with Gasteiger partial charge in [-0.2, -0.15) is 0 Å². The molecule has 7 nitrogen and oxygen atoms in total. The van der Waals surface area contributed by atoms with Gasteiger partial charge in [0.25, 0.3) is 5.91 Å². The summed E-state index contributed by atoms with van der Waals surface area (Å²) in [6.07, 6.45) is 1.48. The van der Waals surface area contributed by atoms with Gasteiger partial charge in [-0.15, -0.1) is 29.7 Å². The van der Waals surface area contributed by atoms with Crippen molar-refractivity contribution in [3.8, 4) is 0 Å². The predicted octanol–water partition coefficient (Wildman–Crippen LogP) is 2.91. The minimum Gasteiger partial charge on any atom is -0.452 e. The van der Waals surface area contributed by atoms with Gasteiger partial charge in [0.2, 0.25) is 0 Å². The summed E-state index contributed by atoms with van der Waals surface area (Å²) in [5, 5.41) is 7.48. The summed E-state index contributed by atoms with van der Waals surface area (Å²) in [6, 6.07) is 6.21. The van der Waals surface area contributed by atoms with Gasteiger partial charge in [-0.05, 0) is 31.2 Å². The first-order chi connectivity index (χ1) is 13.0. The highest BCUT2D eigenvalue weighted by molar-refractivity contribution is 7.98. The van der Waals surface area contributed by atoms with E-state index in [-0.39, 0.29) is 6.54 Å². The number of hydrogen-bond acceptors (Lipinski definition) is 7. The third-order valence-corrected chi connectivity index (χ3v) is 5.01. The molecule has 0 unspecified atom stereocenters. The molecule has 0 aliphatic heterocycles. The lowest BCUT2D eigenvalue weighted by Crippen LogP contribution is -2.41. The summed E-state index contributed by atoms with van der Waals surface area (Å²) in [5.74, 6) is -0.596. The van der Waals surface area contributed by atoms with E-state index in [1.54, 1.807) is 35.2 Å². The smallest absolute Gasteiger partial charge is 0.338 e. The SMILES string of the molecule is C=CCNC(=O)NC(=O)COC(=O)c1ccc(SCc2csc(C)n2)cc1. The van der Waals surface area contributed by atoms with Crippen LogP contribution in [0.15, 0.2) is 47.2 Å². The van der Waals surface area contributed by atoms with Gasteiger partial charge >= 0.3 is 12.0 Å². The van der Waals surface area contributed by atoms with Crippen LogP contribution in [0.1, 0.15) is 21.1 Å². The third kappa shape index (κ3) is 7.24. The molecule has 2 rings (SSSR count). The van der Waals surface area contributed by atoms with Gasteiger partial charge in [0, 0.05) is 22.6 Å². The Hall–Kier alpha value is -2.65. The Kier molecular flexibility index (Phi) is 8.02. The lowest BCUT2D eigenvalue weighted by atomic mass is 10.2. The minimum atomic E-state index is -0.712. The number of rotatable bonds is 8. The van der Waals surface area contributed by atoms with E-state index in [1.165, 1.54) is 6.08 Å². The first kappa shape index (κ1) is 20.7. The Balaban J connectivity index is 1.76. The van der Waals surface area contributed by atoms with Crippen molar-refractivity contribution in [1.82, 2.24) is 15.6 Å². The molecule has 1 aromatic heterocycles. The number of nitrogens with one attached hydrogen (secondary N) is 2. The number of esters is 1. The Morgan fingerprint density at radius 3 is 2.67 bits per heavy atom. The number of nitrogens with zero attached hydrogens (tertiary/aromatic N) is 1. The number of aryl methyl sites for hydroxylation is 1. The van der Waals surface area contributed by atoms with Crippen LogP contribution < -0.4 is 10.6 Å². The number of benzene rings is 1. The zero-order chi connectivity index (χ0) is 19.6. The zero-order valence-corrected chi connectivity index (χ0v) is 16.3. The molecule has 0 atom stereocenters. The fourth-order valence-electron chi connectivity index (χ4n) is 1.91. The van der Waals surface area contributed by atoms with E-state index in [9.17, 15) is 14.4 Å². The normalized spacial score (nSPS) is 10.1. The van der Waals surface area contributed by atoms with Gasteiger partial charge in [0.15, 0.2) is 6.61 Å². The van der Waals surface area contributed by atoms with Crippen LogP contribution in [0.5, 0.6) is 0 Å². The van der Waals surface area contributed by atoms with Gasteiger partial charge in [-0.25, -0.2) is 14.6 Å². The quantitative estimate of drug-likeness (QED) is 0.398. The fraction of sp³-hybridized carbons (Fsp3) is 0.222. The average molecular weight is 406 g/mol. The highest BCUT2D eigenvalue weighted by Crippen LogP contribution is 2.24. The van der Waals surface area contributed by atoms with E-state index in [0.717, 1.165) is 21.3 Å². The van der Waals surface area contributed by atoms with Crippen molar-refractivity contribution in [2.75, 3.05) is 13.2 Å². The van der Waals surface area contributed by atoms with E-state index >= 15 is 0 Å². The summed E-state index contributed by atoms with van der Waals surface area (Å²) < 4.78 is 4.90. The Morgan fingerprint density at radius 1 is 1.30 bits per heavy atom. The second kappa shape index (κ2) is 10.5. The number of thioether (sulfide) groups is 1. The molecular formula is C18H19N3O4S2. The van der Waals surface area contributed by atoms with Gasteiger partial charge in [0.05, 0.1) is 16.3 Å². The lowest BCUT2D eigenvalue weighted by molar-refractivity contribution is -0.123. The van der Waals surface area contributed by atoms with Crippen LogP contribution in [0.2, 0.25) is 0 Å². The van der Waals surface area contributed by atoms with Gasteiger partial charge in [-0.1, -0.05) is 6.08 Å². The molecule has 0 fully saturated rings. The van der Waals surface area contributed by atoms with Gasteiger partial charge < -0.3 is 10.1 Å². The van der Waals surface area contributed by atoms with Crippen LogP contribution in [0, 0.1) is 6.92 Å². The van der Waals surface area contributed by atoms with Crippen LogP contribution in [-0.4, -0.2) is 36.0 Å². The van der Waals surface area contributed by atoms with Crippen LogP contribution in [-0.2, 0) is 15.3 Å². The number of urea groups is 1. The monoisotopic (exact) mass is 405 g/mol. The molecule has 0 saturated carbocycles.